The predicted molar refractivity (Wildman–Crippen MR) is 84.5 cm³/mol. The van der Waals surface area contributed by atoms with Gasteiger partial charge in [-0.2, -0.15) is 0 Å². The van der Waals surface area contributed by atoms with E-state index in [1.165, 1.54) is 26.4 Å². The van der Waals surface area contributed by atoms with Crippen molar-refractivity contribution in [3.05, 3.63) is 17.8 Å². The van der Waals surface area contributed by atoms with E-state index in [2.05, 4.69) is 16.8 Å². The van der Waals surface area contributed by atoms with Crippen LogP contribution in [0, 0.1) is 5.92 Å². The number of esters is 1. The van der Waals surface area contributed by atoms with Gasteiger partial charge in [-0.1, -0.05) is 19.8 Å². The van der Waals surface area contributed by atoms with Crippen molar-refractivity contribution in [2.75, 3.05) is 30.8 Å². The maximum absolute atomic E-state index is 11.7. The van der Waals surface area contributed by atoms with Crippen LogP contribution >= 0.6 is 0 Å². The number of hydrogen-bond donors (Lipinski definition) is 1. The topological polar surface area (TPSA) is 68.5 Å². The number of ether oxygens (including phenoxy) is 1. The van der Waals surface area contributed by atoms with E-state index in [0.29, 0.717) is 11.3 Å². The van der Waals surface area contributed by atoms with Crippen molar-refractivity contribution in [1.29, 1.82) is 0 Å². The average Bonchev–Trinajstić information content (AvgIpc) is 2.73. The van der Waals surface area contributed by atoms with Gasteiger partial charge in [-0.3, -0.25) is 0 Å². The molecule has 1 atom stereocenters. The highest BCUT2D eigenvalue weighted by Gasteiger charge is 2.21. The van der Waals surface area contributed by atoms with Crippen LogP contribution in [0.2, 0.25) is 0 Å². The molecule has 2 rings (SSSR count). The third-order valence-electron chi connectivity index (χ3n) is 4.22. The van der Waals surface area contributed by atoms with E-state index in [1.807, 2.05) is 0 Å². The van der Waals surface area contributed by atoms with E-state index >= 15 is 0 Å². The summed E-state index contributed by atoms with van der Waals surface area (Å²) in [4.78, 5) is 18.3. The molecule has 1 aromatic heterocycles. The molecule has 21 heavy (non-hydrogen) atoms. The second kappa shape index (κ2) is 7.29. The quantitative estimate of drug-likeness (QED) is 0.864. The van der Waals surface area contributed by atoms with E-state index in [1.54, 1.807) is 12.3 Å². The minimum Gasteiger partial charge on any atom is -0.465 e. The summed E-state index contributed by atoms with van der Waals surface area (Å²) in [7, 11) is 1.36. The molecule has 2 heterocycles. The number of nitrogen functional groups attached to an aromatic ring is 1. The summed E-state index contributed by atoms with van der Waals surface area (Å²) in [5.74, 6) is 1.11. The summed E-state index contributed by atoms with van der Waals surface area (Å²) in [6.45, 7) is 4.14. The van der Waals surface area contributed by atoms with Crippen molar-refractivity contribution in [3.63, 3.8) is 0 Å². The van der Waals surface area contributed by atoms with Gasteiger partial charge in [0.1, 0.15) is 0 Å². The monoisotopic (exact) mass is 291 g/mol. The molecule has 2 N–H and O–H groups in total. The number of rotatable bonds is 4. The van der Waals surface area contributed by atoms with Crippen LogP contribution in [-0.4, -0.2) is 31.2 Å². The van der Waals surface area contributed by atoms with Crippen LogP contribution in [0.5, 0.6) is 0 Å². The Morgan fingerprint density at radius 1 is 1.48 bits per heavy atom. The van der Waals surface area contributed by atoms with Gasteiger partial charge in [-0.05, 0) is 31.2 Å². The van der Waals surface area contributed by atoms with E-state index in [0.717, 1.165) is 37.7 Å². The Kier molecular flexibility index (Phi) is 5.42. The second-order valence-corrected chi connectivity index (χ2v) is 5.66. The van der Waals surface area contributed by atoms with Gasteiger partial charge in [-0.15, -0.1) is 0 Å². The lowest BCUT2D eigenvalue weighted by Gasteiger charge is -2.23. The molecular formula is C16H25N3O2. The standard InChI is InChI=1S/C16H25N3O2/c1-3-5-12-6-4-10-19(11-8-12)15-14(17)13(7-9-18-15)16(20)21-2/h7,9,12H,3-6,8,10-11,17H2,1-2H3. The van der Waals surface area contributed by atoms with Crippen LogP contribution in [0.4, 0.5) is 11.5 Å². The molecular weight excluding hydrogens is 266 g/mol. The summed E-state index contributed by atoms with van der Waals surface area (Å²) in [6, 6.07) is 1.61. The zero-order valence-electron chi connectivity index (χ0n) is 13.0. The number of pyridine rings is 1. The SMILES string of the molecule is CCCC1CCCN(c2nccc(C(=O)OC)c2N)CC1. The number of aromatic nitrogens is 1. The van der Waals surface area contributed by atoms with Crippen molar-refractivity contribution in [1.82, 2.24) is 4.98 Å². The number of carbonyl (C=O) groups is 1. The molecule has 0 bridgehead atoms. The number of nitrogens with two attached hydrogens (primary N) is 1. The molecule has 0 aromatic carbocycles. The van der Waals surface area contributed by atoms with Crippen molar-refractivity contribution >= 4 is 17.5 Å². The van der Waals surface area contributed by atoms with E-state index < -0.39 is 5.97 Å². The van der Waals surface area contributed by atoms with E-state index in [9.17, 15) is 4.79 Å². The van der Waals surface area contributed by atoms with Gasteiger partial charge in [0.05, 0.1) is 18.4 Å². The number of carbonyl (C=O) groups excluding carboxylic acids is 1. The maximum Gasteiger partial charge on any atom is 0.340 e. The van der Waals surface area contributed by atoms with E-state index in [4.69, 9.17) is 10.5 Å². The minimum absolute atomic E-state index is 0.400. The normalized spacial score (nSPS) is 19.1. The van der Waals surface area contributed by atoms with Crippen molar-refractivity contribution < 1.29 is 9.53 Å². The molecule has 0 saturated carbocycles. The molecule has 5 nitrogen and oxygen atoms in total. The Bertz CT molecular complexity index is 490. The molecule has 0 aliphatic carbocycles. The van der Waals surface area contributed by atoms with Gasteiger partial charge < -0.3 is 15.4 Å². The average molecular weight is 291 g/mol. The summed E-state index contributed by atoms with van der Waals surface area (Å²) >= 11 is 0. The molecule has 1 aliphatic rings. The van der Waals surface area contributed by atoms with Crippen molar-refractivity contribution in [2.24, 2.45) is 5.92 Å². The molecule has 1 saturated heterocycles. The molecule has 5 heteroatoms. The van der Waals surface area contributed by atoms with Crippen LogP contribution in [0.15, 0.2) is 12.3 Å². The molecule has 1 aliphatic heterocycles. The van der Waals surface area contributed by atoms with Gasteiger partial charge >= 0.3 is 5.97 Å². The third kappa shape index (κ3) is 3.65. The molecule has 1 unspecified atom stereocenters. The highest BCUT2D eigenvalue weighted by Crippen LogP contribution is 2.29. The summed E-state index contributed by atoms with van der Waals surface area (Å²) in [6.07, 6.45) is 7.74. The van der Waals surface area contributed by atoms with Crippen LogP contribution in [0.1, 0.15) is 49.4 Å². The first-order valence-corrected chi connectivity index (χ1v) is 7.75. The largest absolute Gasteiger partial charge is 0.465 e. The molecule has 0 amide bonds. The Labute approximate surface area is 126 Å². The minimum atomic E-state index is -0.408. The van der Waals surface area contributed by atoms with Gasteiger partial charge in [-0.25, -0.2) is 9.78 Å². The smallest absolute Gasteiger partial charge is 0.340 e. The van der Waals surface area contributed by atoms with Crippen molar-refractivity contribution in [2.45, 2.75) is 39.0 Å². The highest BCUT2D eigenvalue weighted by molar-refractivity contribution is 5.97. The Balaban J connectivity index is 2.16. The zero-order valence-corrected chi connectivity index (χ0v) is 13.0. The number of methoxy groups -OCH3 is 1. The van der Waals surface area contributed by atoms with Crippen molar-refractivity contribution in [3.8, 4) is 0 Å². The Morgan fingerprint density at radius 2 is 2.29 bits per heavy atom. The Morgan fingerprint density at radius 3 is 3.00 bits per heavy atom. The van der Waals surface area contributed by atoms with Crippen LogP contribution < -0.4 is 10.6 Å². The molecule has 1 fully saturated rings. The lowest BCUT2D eigenvalue weighted by atomic mass is 9.96. The predicted octanol–water partition coefficient (Wildman–Crippen LogP) is 2.86. The van der Waals surface area contributed by atoms with Crippen LogP contribution in [0.3, 0.4) is 0 Å². The highest BCUT2D eigenvalue weighted by atomic mass is 16.5. The number of hydrogen-bond acceptors (Lipinski definition) is 5. The van der Waals surface area contributed by atoms with E-state index in [-0.39, 0.29) is 0 Å². The maximum atomic E-state index is 11.7. The summed E-state index contributed by atoms with van der Waals surface area (Å²) in [5.41, 5.74) is 6.96. The first kappa shape index (κ1) is 15.6. The van der Waals surface area contributed by atoms with Gasteiger partial charge in [0, 0.05) is 19.3 Å². The second-order valence-electron chi connectivity index (χ2n) is 5.66. The van der Waals surface area contributed by atoms with Gasteiger partial charge in [0.25, 0.3) is 0 Å². The molecule has 1 aromatic rings. The lowest BCUT2D eigenvalue weighted by molar-refractivity contribution is 0.0602. The first-order chi connectivity index (χ1) is 10.2. The fourth-order valence-corrected chi connectivity index (χ4v) is 3.08. The molecule has 0 radical (unpaired) electrons. The molecule has 0 spiro atoms. The summed E-state index contributed by atoms with van der Waals surface area (Å²) in [5, 5.41) is 0. The zero-order chi connectivity index (χ0) is 15.2. The lowest BCUT2D eigenvalue weighted by Crippen LogP contribution is -2.27. The third-order valence-corrected chi connectivity index (χ3v) is 4.22. The Hall–Kier alpha value is -1.78. The van der Waals surface area contributed by atoms with Crippen LogP contribution in [0.25, 0.3) is 0 Å². The molecule has 116 valence electrons. The van der Waals surface area contributed by atoms with Gasteiger partial charge in [0.15, 0.2) is 5.82 Å². The van der Waals surface area contributed by atoms with Crippen LogP contribution in [-0.2, 0) is 4.74 Å². The number of anilines is 2. The summed E-state index contributed by atoms with van der Waals surface area (Å²) < 4.78 is 4.77. The fraction of sp³-hybridized carbons (Fsp3) is 0.625. The van der Waals surface area contributed by atoms with Gasteiger partial charge in [0.2, 0.25) is 0 Å². The fourth-order valence-electron chi connectivity index (χ4n) is 3.08. The number of nitrogens with zero attached hydrogens (tertiary/aromatic N) is 2. The first-order valence-electron chi connectivity index (χ1n) is 7.75.